The van der Waals surface area contributed by atoms with Gasteiger partial charge in [0.05, 0.1) is 12.9 Å². The SMILES string of the molecule is CC/C(=C\F)COc1ccc2c(c1)CCN(Cc1ccon1)C2=O. The number of hydrogen-bond donors (Lipinski definition) is 0. The second-order valence-corrected chi connectivity index (χ2v) is 5.70. The highest BCUT2D eigenvalue weighted by atomic mass is 19.1. The van der Waals surface area contributed by atoms with E-state index in [-0.39, 0.29) is 12.5 Å². The van der Waals surface area contributed by atoms with Crippen LogP contribution in [0.1, 0.15) is 35.0 Å². The molecular weight excluding hydrogens is 311 g/mol. The molecule has 0 fully saturated rings. The number of ether oxygens (including phenoxy) is 1. The summed E-state index contributed by atoms with van der Waals surface area (Å²) in [4.78, 5) is 14.3. The third-order valence-corrected chi connectivity index (χ3v) is 4.12. The highest BCUT2D eigenvalue weighted by molar-refractivity contribution is 5.96. The summed E-state index contributed by atoms with van der Waals surface area (Å²) in [5, 5.41) is 3.85. The van der Waals surface area contributed by atoms with Crippen LogP contribution < -0.4 is 4.74 Å². The van der Waals surface area contributed by atoms with Crippen molar-refractivity contribution >= 4 is 5.91 Å². The molecule has 0 spiro atoms. The maximum Gasteiger partial charge on any atom is 0.254 e. The van der Waals surface area contributed by atoms with E-state index in [2.05, 4.69) is 5.16 Å². The zero-order chi connectivity index (χ0) is 16.9. The molecule has 5 nitrogen and oxygen atoms in total. The van der Waals surface area contributed by atoms with Gasteiger partial charge in [-0.2, -0.15) is 0 Å². The molecule has 0 unspecified atom stereocenters. The van der Waals surface area contributed by atoms with Gasteiger partial charge in [-0.1, -0.05) is 12.1 Å². The minimum Gasteiger partial charge on any atom is -0.489 e. The fraction of sp³-hybridized carbons (Fsp3) is 0.333. The average Bonchev–Trinajstić information content (AvgIpc) is 3.11. The van der Waals surface area contributed by atoms with Crippen LogP contribution in [-0.4, -0.2) is 29.1 Å². The lowest BCUT2D eigenvalue weighted by Gasteiger charge is -2.28. The Morgan fingerprint density at radius 2 is 2.33 bits per heavy atom. The van der Waals surface area contributed by atoms with Crippen LogP contribution in [0.2, 0.25) is 0 Å². The van der Waals surface area contributed by atoms with E-state index in [1.165, 1.54) is 6.26 Å². The molecule has 2 aromatic rings. The summed E-state index contributed by atoms with van der Waals surface area (Å²) >= 11 is 0. The lowest BCUT2D eigenvalue weighted by atomic mass is 9.98. The van der Waals surface area contributed by atoms with E-state index in [9.17, 15) is 9.18 Å². The maximum absolute atomic E-state index is 12.6. The number of fused-ring (bicyclic) bond motifs is 1. The normalized spacial score (nSPS) is 14.7. The summed E-state index contributed by atoms with van der Waals surface area (Å²) in [7, 11) is 0. The Balaban J connectivity index is 1.70. The molecule has 1 aliphatic heterocycles. The highest BCUT2D eigenvalue weighted by Crippen LogP contribution is 2.25. The summed E-state index contributed by atoms with van der Waals surface area (Å²) in [5.41, 5.74) is 2.96. The van der Waals surface area contributed by atoms with Gasteiger partial charge in [-0.3, -0.25) is 4.79 Å². The topological polar surface area (TPSA) is 55.6 Å². The van der Waals surface area contributed by atoms with E-state index in [0.717, 1.165) is 17.7 Å². The van der Waals surface area contributed by atoms with Gasteiger partial charge in [0, 0.05) is 18.2 Å². The molecule has 0 aliphatic carbocycles. The number of benzene rings is 1. The van der Waals surface area contributed by atoms with Crippen molar-refractivity contribution in [3.63, 3.8) is 0 Å². The van der Waals surface area contributed by atoms with Gasteiger partial charge in [0.2, 0.25) is 0 Å². The van der Waals surface area contributed by atoms with Gasteiger partial charge in [-0.25, -0.2) is 4.39 Å². The Morgan fingerprint density at radius 1 is 1.46 bits per heavy atom. The van der Waals surface area contributed by atoms with Crippen molar-refractivity contribution in [1.29, 1.82) is 0 Å². The molecule has 3 rings (SSSR count). The molecule has 1 aromatic carbocycles. The molecular formula is C18H19FN2O3. The minimum absolute atomic E-state index is 0.0244. The van der Waals surface area contributed by atoms with Gasteiger partial charge in [0.1, 0.15) is 24.3 Å². The van der Waals surface area contributed by atoms with Crippen LogP contribution in [0.15, 0.2) is 47.0 Å². The second kappa shape index (κ2) is 7.29. The number of nitrogens with zero attached hydrogens (tertiary/aromatic N) is 2. The van der Waals surface area contributed by atoms with E-state index >= 15 is 0 Å². The minimum atomic E-state index is -0.0244. The average molecular weight is 330 g/mol. The fourth-order valence-electron chi connectivity index (χ4n) is 2.65. The summed E-state index contributed by atoms with van der Waals surface area (Å²) in [6.45, 7) is 3.16. The first kappa shape index (κ1) is 16.2. The Bertz CT molecular complexity index is 741. The first-order valence-corrected chi connectivity index (χ1v) is 7.93. The monoisotopic (exact) mass is 330 g/mol. The fourth-order valence-corrected chi connectivity index (χ4v) is 2.65. The smallest absolute Gasteiger partial charge is 0.254 e. The summed E-state index contributed by atoms with van der Waals surface area (Å²) < 4.78 is 23.0. The van der Waals surface area contributed by atoms with Gasteiger partial charge in [-0.15, -0.1) is 0 Å². The molecule has 0 atom stereocenters. The van der Waals surface area contributed by atoms with Crippen LogP contribution in [0.4, 0.5) is 4.39 Å². The standard InChI is InChI=1S/C18H19FN2O3/c1-2-13(10-19)12-23-16-3-4-17-14(9-16)5-7-21(18(17)22)11-15-6-8-24-20-15/h3-4,6,8-10H,2,5,7,11-12H2,1H3/b13-10+. The first-order chi connectivity index (χ1) is 11.7. The van der Waals surface area contributed by atoms with E-state index in [1.807, 2.05) is 13.0 Å². The molecule has 1 amide bonds. The number of rotatable bonds is 6. The molecule has 1 aromatic heterocycles. The van der Waals surface area contributed by atoms with Gasteiger partial charge >= 0.3 is 0 Å². The zero-order valence-electron chi connectivity index (χ0n) is 13.5. The van der Waals surface area contributed by atoms with Crippen LogP contribution in [0.25, 0.3) is 0 Å². The number of halogens is 1. The first-order valence-electron chi connectivity index (χ1n) is 7.93. The van der Waals surface area contributed by atoms with Gasteiger partial charge in [0.25, 0.3) is 5.91 Å². The number of carbonyl (C=O) groups excluding carboxylic acids is 1. The summed E-state index contributed by atoms with van der Waals surface area (Å²) in [6, 6.07) is 7.14. The molecule has 0 saturated heterocycles. The molecule has 0 radical (unpaired) electrons. The van der Waals surface area contributed by atoms with Crippen molar-refractivity contribution in [3.8, 4) is 5.75 Å². The molecule has 2 heterocycles. The van der Waals surface area contributed by atoms with Crippen molar-refractivity contribution in [1.82, 2.24) is 10.1 Å². The highest BCUT2D eigenvalue weighted by Gasteiger charge is 2.25. The van der Waals surface area contributed by atoms with E-state index in [0.29, 0.717) is 42.7 Å². The Kier molecular flexibility index (Phi) is 4.93. The molecule has 0 N–H and O–H groups in total. The molecule has 24 heavy (non-hydrogen) atoms. The number of hydrogen-bond acceptors (Lipinski definition) is 4. The zero-order valence-corrected chi connectivity index (χ0v) is 13.5. The molecule has 0 bridgehead atoms. The lowest BCUT2D eigenvalue weighted by molar-refractivity contribution is 0.0723. The lowest BCUT2D eigenvalue weighted by Crippen LogP contribution is -2.37. The van der Waals surface area contributed by atoms with Crippen molar-refractivity contribution < 1.29 is 18.4 Å². The van der Waals surface area contributed by atoms with Crippen molar-refractivity contribution in [2.24, 2.45) is 0 Å². The van der Waals surface area contributed by atoms with Gasteiger partial charge in [0.15, 0.2) is 0 Å². The number of amides is 1. The van der Waals surface area contributed by atoms with E-state index in [1.54, 1.807) is 23.1 Å². The van der Waals surface area contributed by atoms with E-state index in [4.69, 9.17) is 9.26 Å². The van der Waals surface area contributed by atoms with Crippen molar-refractivity contribution in [2.75, 3.05) is 13.2 Å². The summed E-state index contributed by atoms with van der Waals surface area (Å²) in [5.74, 6) is 0.628. The Labute approximate surface area is 139 Å². The van der Waals surface area contributed by atoms with Crippen molar-refractivity contribution in [2.45, 2.75) is 26.3 Å². The second-order valence-electron chi connectivity index (χ2n) is 5.70. The predicted molar refractivity (Wildman–Crippen MR) is 86.4 cm³/mol. The van der Waals surface area contributed by atoms with E-state index < -0.39 is 0 Å². The summed E-state index contributed by atoms with van der Waals surface area (Å²) in [6.07, 6.45) is 3.44. The third kappa shape index (κ3) is 3.48. The van der Waals surface area contributed by atoms with Crippen LogP contribution in [-0.2, 0) is 13.0 Å². The maximum atomic E-state index is 12.6. The Morgan fingerprint density at radius 3 is 3.04 bits per heavy atom. The van der Waals surface area contributed by atoms with Gasteiger partial charge in [-0.05, 0) is 42.2 Å². The predicted octanol–water partition coefficient (Wildman–Crippen LogP) is 3.52. The quantitative estimate of drug-likeness (QED) is 0.813. The molecule has 0 saturated carbocycles. The molecule has 6 heteroatoms. The molecule has 126 valence electrons. The van der Waals surface area contributed by atoms with Gasteiger partial charge < -0.3 is 14.2 Å². The Hall–Kier alpha value is -2.63. The van der Waals surface area contributed by atoms with Crippen LogP contribution in [0.5, 0.6) is 5.75 Å². The molecule has 1 aliphatic rings. The van der Waals surface area contributed by atoms with Crippen LogP contribution in [0.3, 0.4) is 0 Å². The third-order valence-electron chi connectivity index (χ3n) is 4.12. The van der Waals surface area contributed by atoms with Crippen molar-refractivity contribution in [3.05, 3.63) is 59.3 Å². The number of aromatic nitrogens is 1. The largest absolute Gasteiger partial charge is 0.489 e. The van der Waals surface area contributed by atoms with Crippen LogP contribution >= 0.6 is 0 Å². The number of carbonyl (C=O) groups is 1. The van der Waals surface area contributed by atoms with Crippen LogP contribution in [0, 0.1) is 0 Å².